The summed E-state index contributed by atoms with van der Waals surface area (Å²) < 4.78 is 0. The van der Waals surface area contributed by atoms with Crippen molar-refractivity contribution < 1.29 is 0 Å². The van der Waals surface area contributed by atoms with Gasteiger partial charge in [-0.05, 0) is 26.7 Å². The van der Waals surface area contributed by atoms with Crippen molar-refractivity contribution >= 4 is 5.71 Å². The van der Waals surface area contributed by atoms with Gasteiger partial charge in [-0.1, -0.05) is 19.4 Å². The fourth-order valence-electron chi connectivity index (χ4n) is 0.380. The second kappa shape index (κ2) is 4.26. The summed E-state index contributed by atoms with van der Waals surface area (Å²) in [6.07, 6.45) is 1.91. The molecule has 0 saturated heterocycles. The molecule has 0 aromatic heterocycles. The molecule has 0 amide bonds. The monoisotopic (exact) mass is 139 g/mol. The molecule has 0 bridgehead atoms. The van der Waals surface area contributed by atoms with Gasteiger partial charge in [-0.3, -0.25) is 4.99 Å². The van der Waals surface area contributed by atoms with E-state index >= 15 is 0 Å². The molecule has 0 radical (unpaired) electrons. The molecule has 58 valence electrons. The number of hydrogen-bond donors (Lipinski definition) is 0. The third-order valence-corrected chi connectivity index (χ3v) is 1.36. The van der Waals surface area contributed by atoms with Gasteiger partial charge >= 0.3 is 0 Å². The Hall–Kier alpha value is -0.590. The molecule has 0 rings (SSSR count). The van der Waals surface area contributed by atoms with Gasteiger partial charge in [0.2, 0.25) is 0 Å². The third kappa shape index (κ3) is 4.30. The molecule has 0 spiro atoms. The van der Waals surface area contributed by atoms with E-state index in [9.17, 15) is 0 Å². The van der Waals surface area contributed by atoms with Gasteiger partial charge in [0.05, 0.1) is 0 Å². The first-order chi connectivity index (χ1) is 4.54. The minimum absolute atomic E-state index is 0.565. The van der Waals surface area contributed by atoms with Crippen LogP contribution in [0.1, 0.15) is 34.6 Å². The van der Waals surface area contributed by atoms with Crippen molar-refractivity contribution in [2.45, 2.75) is 34.6 Å². The molecule has 0 atom stereocenters. The van der Waals surface area contributed by atoms with Crippen molar-refractivity contribution in [2.24, 2.45) is 10.9 Å². The summed E-state index contributed by atoms with van der Waals surface area (Å²) in [6.45, 7) is 10.5. The van der Waals surface area contributed by atoms with Crippen LogP contribution in [0.25, 0.3) is 0 Å². The van der Waals surface area contributed by atoms with Crippen LogP contribution in [-0.4, -0.2) is 5.71 Å². The van der Waals surface area contributed by atoms with E-state index in [-0.39, 0.29) is 0 Å². The minimum atomic E-state index is 0.565. The van der Waals surface area contributed by atoms with Gasteiger partial charge in [-0.15, -0.1) is 0 Å². The van der Waals surface area contributed by atoms with E-state index in [4.69, 9.17) is 0 Å². The van der Waals surface area contributed by atoms with Crippen LogP contribution in [0, 0.1) is 5.92 Å². The van der Waals surface area contributed by atoms with E-state index in [1.165, 1.54) is 11.3 Å². The average molecular weight is 139 g/mol. The van der Waals surface area contributed by atoms with Crippen molar-refractivity contribution in [1.29, 1.82) is 0 Å². The molecule has 0 fully saturated rings. The molecular formula is C9H17N. The van der Waals surface area contributed by atoms with Gasteiger partial charge < -0.3 is 0 Å². The Morgan fingerprint density at radius 1 is 1.20 bits per heavy atom. The highest BCUT2D eigenvalue weighted by atomic mass is 14.7. The Bertz CT molecular complexity index is 148. The van der Waals surface area contributed by atoms with E-state index in [0.29, 0.717) is 5.92 Å². The van der Waals surface area contributed by atoms with E-state index in [0.717, 1.165) is 0 Å². The highest BCUT2D eigenvalue weighted by Gasteiger charge is 1.94. The third-order valence-electron chi connectivity index (χ3n) is 1.36. The summed E-state index contributed by atoms with van der Waals surface area (Å²) in [7, 11) is 0. The largest absolute Gasteiger partial charge is 0.266 e. The normalized spacial score (nSPS) is 12.0. The van der Waals surface area contributed by atoms with Crippen molar-refractivity contribution in [3.8, 4) is 0 Å². The zero-order valence-electron chi connectivity index (χ0n) is 7.60. The molecule has 1 nitrogen and oxygen atoms in total. The molecule has 0 unspecified atom stereocenters. The van der Waals surface area contributed by atoms with Crippen LogP contribution in [0.3, 0.4) is 0 Å². The Labute approximate surface area is 63.9 Å². The van der Waals surface area contributed by atoms with Gasteiger partial charge in [0.25, 0.3) is 0 Å². The summed E-state index contributed by atoms with van der Waals surface area (Å²) in [6, 6.07) is 0. The summed E-state index contributed by atoms with van der Waals surface area (Å²) in [5, 5.41) is 0. The fourth-order valence-corrected chi connectivity index (χ4v) is 0.380. The van der Waals surface area contributed by atoms with Crippen molar-refractivity contribution in [3.05, 3.63) is 11.8 Å². The minimum Gasteiger partial charge on any atom is -0.266 e. The van der Waals surface area contributed by atoms with E-state index in [2.05, 4.69) is 39.6 Å². The van der Waals surface area contributed by atoms with Gasteiger partial charge in [0, 0.05) is 11.9 Å². The van der Waals surface area contributed by atoms with E-state index < -0.39 is 0 Å². The quantitative estimate of drug-likeness (QED) is 0.521. The molecule has 0 aliphatic rings. The Balaban J connectivity index is 4.05. The number of allylic oxidation sites excluding steroid dienone is 1. The number of nitrogens with zero attached hydrogens (tertiary/aromatic N) is 1. The SMILES string of the molecule is CC(C)=CN=C(C)C(C)C. The lowest BCUT2D eigenvalue weighted by Gasteiger charge is -2.00. The number of hydrogen-bond acceptors (Lipinski definition) is 1. The topological polar surface area (TPSA) is 12.4 Å². The first-order valence-corrected chi connectivity index (χ1v) is 3.71. The van der Waals surface area contributed by atoms with Crippen molar-refractivity contribution in [3.63, 3.8) is 0 Å². The lowest BCUT2D eigenvalue weighted by Crippen LogP contribution is -2.00. The number of rotatable bonds is 2. The van der Waals surface area contributed by atoms with Crippen LogP contribution in [0.4, 0.5) is 0 Å². The van der Waals surface area contributed by atoms with Gasteiger partial charge in [0.15, 0.2) is 0 Å². The summed E-state index contributed by atoms with van der Waals surface area (Å²) in [5.41, 5.74) is 2.45. The molecule has 0 N–H and O–H groups in total. The van der Waals surface area contributed by atoms with Crippen LogP contribution in [-0.2, 0) is 0 Å². The first-order valence-electron chi connectivity index (χ1n) is 3.71. The highest BCUT2D eigenvalue weighted by Crippen LogP contribution is 1.98. The highest BCUT2D eigenvalue weighted by molar-refractivity contribution is 5.84. The Morgan fingerprint density at radius 3 is 2.00 bits per heavy atom. The van der Waals surface area contributed by atoms with Gasteiger partial charge in [-0.2, -0.15) is 0 Å². The predicted molar refractivity (Wildman–Crippen MR) is 47.4 cm³/mol. The van der Waals surface area contributed by atoms with E-state index in [1.807, 2.05) is 6.20 Å². The first kappa shape index (κ1) is 9.41. The fraction of sp³-hybridized carbons (Fsp3) is 0.667. The smallest absolute Gasteiger partial charge is 0.0253 e. The standard InChI is InChI=1S/C9H17N/c1-7(2)6-10-9(5)8(3)4/h6,8H,1-5H3. The average Bonchev–Trinajstić information content (AvgIpc) is 1.82. The Kier molecular flexibility index (Phi) is 4.01. The molecule has 1 heteroatoms. The second-order valence-electron chi connectivity index (χ2n) is 3.13. The number of aliphatic imine (C=N–C) groups is 1. The molecule has 0 aromatic carbocycles. The second-order valence-corrected chi connectivity index (χ2v) is 3.13. The van der Waals surface area contributed by atoms with E-state index in [1.54, 1.807) is 0 Å². The molecular weight excluding hydrogens is 122 g/mol. The maximum absolute atomic E-state index is 4.28. The summed E-state index contributed by atoms with van der Waals surface area (Å²) in [4.78, 5) is 4.28. The zero-order chi connectivity index (χ0) is 8.15. The van der Waals surface area contributed by atoms with Crippen LogP contribution < -0.4 is 0 Å². The Morgan fingerprint density at radius 2 is 1.70 bits per heavy atom. The summed E-state index contributed by atoms with van der Waals surface area (Å²) >= 11 is 0. The lowest BCUT2D eigenvalue weighted by molar-refractivity contribution is 0.878. The van der Waals surface area contributed by atoms with Crippen molar-refractivity contribution in [2.75, 3.05) is 0 Å². The maximum Gasteiger partial charge on any atom is 0.0253 e. The van der Waals surface area contributed by atoms with Crippen LogP contribution in [0.15, 0.2) is 16.8 Å². The maximum atomic E-state index is 4.28. The van der Waals surface area contributed by atoms with Crippen LogP contribution in [0.2, 0.25) is 0 Å². The molecule has 0 aromatic rings. The van der Waals surface area contributed by atoms with Crippen molar-refractivity contribution in [1.82, 2.24) is 0 Å². The van der Waals surface area contributed by atoms with Gasteiger partial charge in [-0.25, -0.2) is 0 Å². The predicted octanol–water partition coefficient (Wildman–Crippen LogP) is 3.03. The molecule has 0 aliphatic carbocycles. The molecule has 0 saturated carbocycles. The summed E-state index contributed by atoms with van der Waals surface area (Å²) in [5.74, 6) is 0.565. The zero-order valence-corrected chi connectivity index (χ0v) is 7.60. The molecule has 0 aliphatic heterocycles. The molecule has 10 heavy (non-hydrogen) atoms. The van der Waals surface area contributed by atoms with Crippen LogP contribution >= 0.6 is 0 Å². The molecule has 0 heterocycles. The lowest BCUT2D eigenvalue weighted by atomic mass is 10.1. The van der Waals surface area contributed by atoms with Gasteiger partial charge in [0.1, 0.15) is 0 Å². The van der Waals surface area contributed by atoms with Crippen LogP contribution in [0.5, 0.6) is 0 Å².